The van der Waals surface area contributed by atoms with E-state index >= 15 is 0 Å². The Morgan fingerprint density at radius 1 is 1.36 bits per heavy atom. The molecule has 1 atom stereocenters. The second kappa shape index (κ2) is 5.32. The van der Waals surface area contributed by atoms with Crippen LogP contribution in [0.3, 0.4) is 0 Å². The van der Waals surface area contributed by atoms with Crippen molar-refractivity contribution in [1.29, 1.82) is 0 Å². The predicted molar refractivity (Wildman–Crippen MR) is 84.6 cm³/mol. The second-order valence-corrected chi connectivity index (χ2v) is 9.39. The number of carbonyl (C=O) groups is 1. The van der Waals surface area contributed by atoms with Gasteiger partial charge in [0.05, 0.1) is 10.8 Å². The topological polar surface area (TPSA) is 74.7 Å². The highest BCUT2D eigenvalue weighted by molar-refractivity contribution is 7.89. The summed E-state index contributed by atoms with van der Waals surface area (Å²) in [7, 11) is -3.63. The molecular weight excluding hydrogens is 322 g/mol. The number of sulfonamides is 1. The van der Waals surface area contributed by atoms with Crippen LogP contribution in [0.5, 0.6) is 0 Å². The van der Waals surface area contributed by atoms with Crippen molar-refractivity contribution in [3.63, 3.8) is 0 Å². The zero-order chi connectivity index (χ0) is 16.1. The Balaban J connectivity index is 2.06. The van der Waals surface area contributed by atoms with Crippen molar-refractivity contribution < 1.29 is 18.3 Å². The molecule has 2 fully saturated rings. The molecule has 7 heteroatoms. The van der Waals surface area contributed by atoms with Crippen molar-refractivity contribution in [3.05, 3.63) is 15.8 Å². The van der Waals surface area contributed by atoms with Crippen LogP contribution in [0.15, 0.2) is 10.3 Å². The summed E-state index contributed by atoms with van der Waals surface area (Å²) in [6.07, 6.45) is 3.94. The van der Waals surface area contributed by atoms with Crippen LogP contribution in [0.4, 0.5) is 0 Å². The van der Waals surface area contributed by atoms with E-state index in [1.807, 2.05) is 19.2 Å². The van der Waals surface area contributed by atoms with E-state index in [9.17, 15) is 18.3 Å². The summed E-state index contributed by atoms with van der Waals surface area (Å²) in [5.74, 6) is -1.48. The van der Waals surface area contributed by atoms with Gasteiger partial charge in [0.2, 0.25) is 10.0 Å². The third-order valence-corrected chi connectivity index (χ3v) is 8.48. The summed E-state index contributed by atoms with van der Waals surface area (Å²) in [6.45, 7) is 3.73. The molecule has 1 aliphatic carbocycles. The average Bonchev–Trinajstić information content (AvgIpc) is 3.12. The summed E-state index contributed by atoms with van der Waals surface area (Å²) in [5, 5.41) is 11.2. The zero-order valence-corrected chi connectivity index (χ0v) is 14.5. The molecule has 0 bridgehead atoms. The Kier molecular flexibility index (Phi) is 3.86. The lowest BCUT2D eigenvalue weighted by Gasteiger charge is -2.34. The van der Waals surface area contributed by atoms with Gasteiger partial charge in [0.15, 0.2) is 0 Å². The number of nitrogens with zero attached hydrogens (tertiary/aromatic N) is 1. The van der Waals surface area contributed by atoms with Crippen LogP contribution in [0.2, 0.25) is 0 Å². The van der Waals surface area contributed by atoms with Gasteiger partial charge in [-0.05, 0) is 44.1 Å². The minimum Gasteiger partial charge on any atom is -0.481 e. The lowest BCUT2D eigenvalue weighted by molar-refractivity contribution is -0.141. The Morgan fingerprint density at radius 3 is 2.50 bits per heavy atom. The first kappa shape index (κ1) is 16.0. The first-order valence-corrected chi connectivity index (χ1v) is 9.90. The number of carboxylic acids is 1. The number of hydrogen-bond acceptors (Lipinski definition) is 4. The molecule has 1 unspecified atom stereocenters. The normalized spacial score (nSPS) is 25.1. The third kappa shape index (κ3) is 2.30. The quantitative estimate of drug-likeness (QED) is 0.916. The van der Waals surface area contributed by atoms with Crippen molar-refractivity contribution in [2.45, 2.75) is 56.4 Å². The van der Waals surface area contributed by atoms with Crippen LogP contribution < -0.4 is 0 Å². The van der Waals surface area contributed by atoms with E-state index in [1.165, 1.54) is 15.6 Å². The number of rotatable bonds is 3. The lowest BCUT2D eigenvalue weighted by Crippen LogP contribution is -2.45. The van der Waals surface area contributed by atoms with Gasteiger partial charge in [0.25, 0.3) is 0 Å². The molecule has 1 saturated carbocycles. The van der Waals surface area contributed by atoms with Gasteiger partial charge in [0.1, 0.15) is 0 Å². The lowest BCUT2D eigenvalue weighted by atomic mass is 9.91. The molecule has 1 spiro atoms. The molecule has 0 aromatic carbocycles. The first-order chi connectivity index (χ1) is 10.3. The molecule has 1 aromatic rings. The minimum atomic E-state index is -3.63. The highest BCUT2D eigenvalue weighted by atomic mass is 32.2. The van der Waals surface area contributed by atoms with Gasteiger partial charge in [0, 0.05) is 17.0 Å². The third-order valence-electron chi connectivity index (χ3n) is 5.06. The molecule has 5 nitrogen and oxygen atoms in total. The fourth-order valence-electron chi connectivity index (χ4n) is 4.08. The Bertz CT molecular complexity index is 682. The van der Waals surface area contributed by atoms with E-state index in [1.54, 1.807) is 0 Å². The van der Waals surface area contributed by atoms with Crippen molar-refractivity contribution >= 4 is 27.3 Å². The van der Waals surface area contributed by atoms with Crippen LogP contribution >= 0.6 is 11.3 Å². The molecule has 122 valence electrons. The van der Waals surface area contributed by atoms with Crippen LogP contribution in [0.25, 0.3) is 0 Å². The summed E-state index contributed by atoms with van der Waals surface area (Å²) in [4.78, 5) is 12.6. The van der Waals surface area contributed by atoms with Gasteiger partial charge in [-0.15, -0.1) is 11.3 Å². The smallest absolute Gasteiger partial charge is 0.307 e. The van der Waals surface area contributed by atoms with E-state index in [0.717, 1.165) is 36.1 Å². The summed E-state index contributed by atoms with van der Waals surface area (Å²) < 4.78 is 27.9. The van der Waals surface area contributed by atoms with Gasteiger partial charge in [-0.3, -0.25) is 4.79 Å². The molecule has 0 amide bonds. The molecular formula is C15H21NO4S2. The number of carboxylic acid groups (broad SMARTS) is 1. The molecule has 2 aliphatic rings. The van der Waals surface area contributed by atoms with Gasteiger partial charge >= 0.3 is 5.97 Å². The molecule has 22 heavy (non-hydrogen) atoms. The van der Waals surface area contributed by atoms with E-state index < -0.39 is 27.4 Å². The standard InChI is InChI=1S/C15H21NO4S2/c1-10-9-21-11(2)13(10)22(19,20)16-8-12(14(17)18)7-15(16)5-3-4-6-15/h9,12H,3-8H2,1-2H3,(H,17,18). The van der Waals surface area contributed by atoms with Crippen molar-refractivity contribution in [1.82, 2.24) is 4.31 Å². The van der Waals surface area contributed by atoms with Crippen molar-refractivity contribution in [3.8, 4) is 0 Å². The maximum Gasteiger partial charge on any atom is 0.307 e. The molecule has 1 N–H and O–H groups in total. The van der Waals surface area contributed by atoms with E-state index in [4.69, 9.17) is 0 Å². The molecule has 1 saturated heterocycles. The predicted octanol–water partition coefficient (Wildman–Crippen LogP) is 2.77. The number of aryl methyl sites for hydroxylation is 2. The molecule has 0 radical (unpaired) electrons. The summed E-state index contributed by atoms with van der Waals surface area (Å²) >= 11 is 1.43. The number of thiophene rings is 1. The summed E-state index contributed by atoms with van der Waals surface area (Å²) in [5.41, 5.74) is 0.275. The van der Waals surface area contributed by atoms with Crippen LogP contribution in [-0.2, 0) is 14.8 Å². The molecule has 2 heterocycles. The number of hydrogen-bond donors (Lipinski definition) is 1. The largest absolute Gasteiger partial charge is 0.481 e. The van der Waals surface area contributed by atoms with Crippen LogP contribution in [0.1, 0.15) is 42.5 Å². The Hall–Kier alpha value is -0.920. The van der Waals surface area contributed by atoms with Gasteiger partial charge in [-0.25, -0.2) is 8.42 Å². The monoisotopic (exact) mass is 343 g/mol. The highest BCUT2D eigenvalue weighted by Crippen LogP contribution is 2.48. The van der Waals surface area contributed by atoms with Gasteiger partial charge < -0.3 is 5.11 Å². The fourth-order valence-corrected chi connectivity index (χ4v) is 7.55. The number of aliphatic carboxylic acids is 1. The SMILES string of the molecule is Cc1csc(C)c1S(=O)(=O)N1CC(C(=O)O)CC12CCCC2. The average molecular weight is 343 g/mol. The Labute approximate surface area is 135 Å². The first-order valence-electron chi connectivity index (χ1n) is 7.58. The highest BCUT2D eigenvalue weighted by Gasteiger charge is 2.54. The molecule has 1 aliphatic heterocycles. The zero-order valence-electron chi connectivity index (χ0n) is 12.8. The van der Waals surface area contributed by atoms with E-state index in [0.29, 0.717) is 11.3 Å². The fraction of sp³-hybridized carbons (Fsp3) is 0.667. The minimum absolute atomic E-state index is 0.104. The van der Waals surface area contributed by atoms with E-state index in [-0.39, 0.29) is 6.54 Å². The maximum atomic E-state index is 13.2. The maximum absolute atomic E-state index is 13.2. The van der Waals surface area contributed by atoms with Gasteiger partial charge in [-0.1, -0.05) is 12.8 Å². The Morgan fingerprint density at radius 2 is 2.00 bits per heavy atom. The molecule has 1 aromatic heterocycles. The second-order valence-electron chi connectivity index (χ2n) is 6.51. The van der Waals surface area contributed by atoms with Crippen LogP contribution in [-0.4, -0.2) is 35.9 Å². The van der Waals surface area contributed by atoms with Crippen LogP contribution in [0, 0.1) is 19.8 Å². The van der Waals surface area contributed by atoms with Crippen molar-refractivity contribution in [2.24, 2.45) is 5.92 Å². The van der Waals surface area contributed by atoms with Crippen molar-refractivity contribution in [2.75, 3.05) is 6.54 Å². The molecule has 3 rings (SSSR count). The summed E-state index contributed by atoms with van der Waals surface area (Å²) in [6, 6.07) is 0. The van der Waals surface area contributed by atoms with Gasteiger partial charge in [-0.2, -0.15) is 4.31 Å². The van der Waals surface area contributed by atoms with E-state index in [2.05, 4.69) is 0 Å².